The van der Waals surface area contributed by atoms with Crippen molar-refractivity contribution in [2.24, 2.45) is 11.8 Å². The summed E-state index contributed by atoms with van der Waals surface area (Å²) in [5, 5.41) is 3.51. The predicted octanol–water partition coefficient (Wildman–Crippen LogP) is 4.47. The zero-order valence-corrected chi connectivity index (χ0v) is 12.8. The van der Waals surface area contributed by atoms with Crippen LogP contribution in [0.15, 0.2) is 22.7 Å². The van der Waals surface area contributed by atoms with E-state index in [-0.39, 0.29) is 5.82 Å². The summed E-state index contributed by atoms with van der Waals surface area (Å²) < 4.78 is 15.1. The SMILES string of the molecule is Fc1cc(Br)ccc1C1CCNCC1C1CCCC1. The number of rotatable bonds is 2. The number of hydrogen-bond acceptors (Lipinski definition) is 1. The molecule has 1 heterocycles. The number of piperidine rings is 1. The van der Waals surface area contributed by atoms with E-state index in [0.717, 1.165) is 35.5 Å². The lowest BCUT2D eigenvalue weighted by atomic mass is 9.73. The van der Waals surface area contributed by atoms with E-state index in [0.29, 0.717) is 11.8 Å². The minimum absolute atomic E-state index is 0.0377. The molecule has 1 N–H and O–H groups in total. The lowest BCUT2D eigenvalue weighted by molar-refractivity contribution is 0.227. The summed E-state index contributed by atoms with van der Waals surface area (Å²) in [5.74, 6) is 1.77. The molecule has 2 aliphatic rings. The van der Waals surface area contributed by atoms with Crippen LogP contribution in [0.2, 0.25) is 0 Å². The minimum atomic E-state index is -0.0377. The van der Waals surface area contributed by atoms with Crippen molar-refractivity contribution >= 4 is 15.9 Å². The molecule has 0 spiro atoms. The average Bonchev–Trinajstić information content (AvgIpc) is 2.93. The highest BCUT2D eigenvalue weighted by molar-refractivity contribution is 9.10. The first-order valence-corrected chi connectivity index (χ1v) is 8.20. The van der Waals surface area contributed by atoms with Crippen molar-refractivity contribution in [2.75, 3.05) is 13.1 Å². The second-order valence-electron chi connectivity index (χ2n) is 5.97. The van der Waals surface area contributed by atoms with Gasteiger partial charge in [0.1, 0.15) is 5.82 Å². The molecule has 1 saturated heterocycles. The highest BCUT2D eigenvalue weighted by Crippen LogP contribution is 2.42. The lowest BCUT2D eigenvalue weighted by Gasteiger charge is -2.36. The normalized spacial score (nSPS) is 28.7. The summed E-state index contributed by atoms with van der Waals surface area (Å²) in [6, 6.07) is 5.58. The van der Waals surface area contributed by atoms with E-state index < -0.39 is 0 Å². The van der Waals surface area contributed by atoms with Crippen molar-refractivity contribution in [3.63, 3.8) is 0 Å². The highest BCUT2D eigenvalue weighted by Gasteiger charge is 2.35. The summed E-state index contributed by atoms with van der Waals surface area (Å²) in [6.07, 6.45) is 6.45. The zero-order chi connectivity index (χ0) is 13.2. The molecule has 3 heteroatoms. The van der Waals surface area contributed by atoms with E-state index >= 15 is 0 Å². The Morgan fingerprint density at radius 3 is 2.68 bits per heavy atom. The molecule has 1 nitrogen and oxygen atoms in total. The van der Waals surface area contributed by atoms with Crippen molar-refractivity contribution in [1.29, 1.82) is 0 Å². The first-order valence-electron chi connectivity index (χ1n) is 7.41. The van der Waals surface area contributed by atoms with Crippen LogP contribution in [-0.2, 0) is 0 Å². The largest absolute Gasteiger partial charge is 0.316 e. The first-order chi connectivity index (χ1) is 9.25. The Hall–Kier alpha value is -0.410. The Labute approximate surface area is 123 Å². The maximum atomic E-state index is 14.2. The van der Waals surface area contributed by atoms with Gasteiger partial charge >= 0.3 is 0 Å². The fourth-order valence-electron chi connectivity index (χ4n) is 3.95. The molecule has 19 heavy (non-hydrogen) atoms. The molecule has 104 valence electrons. The van der Waals surface area contributed by atoms with Crippen LogP contribution >= 0.6 is 15.9 Å². The predicted molar refractivity (Wildman–Crippen MR) is 79.8 cm³/mol. The van der Waals surface area contributed by atoms with Gasteiger partial charge < -0.3 is 5.32 Å². The fourth-order valence-corrected chi connectivity index (χ4v) is 4.28. The van der Waals surface area contributed by atoms with Crippen molar-refractivity contribution < 1.29 is 4.39 Å². The van der Waals surface area contributed by atoms with Gasteiger partial charge in [0.2, 0.25) is 0 Å². The van der Waals surface area contributed by atoms with Gasteiger partial charge in [-0.05, 0) is 55.0 Å². The van der Waals surface area contributed by atoms with Gasteiger partial charge in [0, 0.05) is 4.47 Å². The van der Waals surface area contributed by atoms with Crippen LogP contribution < -0.4 is 5.32 Å². The molecule has 3 rings (SSSR count). The van der Waals surface area contributed by atoms with Gasteiger partial charge in [0.15, 0.2) is 0 Å². The average molecular weight is 326 g/mol. The van der Waals surface area contributed by atoms with Crippen LogP contribution in [-0.4, -0.2) is 13.1 Å². The number of benzene rings is 1. The highest BCUT2D eigenvalue weighted by atomic mass is 79.9. The third-order valence-corrected chi connectivity index (χ3v) is 5.39. The van der Waals surface area contributed by atoms with E-state index in [4.69, 9.17) is 0 Å². The van der Waals surface area contributed by atoms with Crippen molar-refractivity contribution in [2.45, 2.75) is 38.0 Å². The van der Waals surface area contributed by atoms with Gasteiger partial charge in [0.05, 0.1) is 0 Å². The van der Waals surface area contributed by atoms with Gasteiger partial charge in [-0.2, -0.15) is 0 Å². The van der Waals surface area contributed by atoms with Gasteiger partial charge in [0.25, 0.3) is 0 Å². The second kappa shape index (κ2) is 5.92. The van der Waals surface area contributed by atoms with E-state index in [1.807, 2.05) is 12.1 Å². The van der Waals surface area contributed by atoms with E-state index in [1.165, 1.54) is 25.7 Å². The van der Waals surface area contributed by atoms with Crippen molar-refractivity contribution in [3.8, 4) is 0 Å². The van der Waals surface area contributed by atoms with Crippen LogP contribution in [0, 0.1) is 17.7 Å². The third-order valence-electron chi connectivity index (χ3n) is 4.90. The molecular formula is C16H21BrFN. The second-order valence-corrected chi connectivity index (χ2v) is 6.89. The van der Waals surface area contributed by atoms with E-state index in [2.05, 4.69) is 21.2 Å². The molecule has 1 aliphatic carbocycles. The van der Waals surface area contributed by atoms with Crippen LogP contribution in [0.5, 0.6) is 0 Å². The summed E-state index contributed by atoms with van der Waals surface area (Å²) in [6.45, 7) is 2.08. The topological polar surface area (TPSA) is 12.0 Å². The van der Waals surface area contributed by atoms with Crippen LogP contribution in [0.4, 0.5) is 4.39 Å². The zero-order valence-electron chi connectivity index (χ0n) is 11.2. The molecule has 1 aromatic carbocycles. The molecule has 2 fully saturated rings. The van der Waals surface area contributed by atoms with Crippen LogP contribution in [0.1, 0.15) is 43.6 Å². The van der Waals surface area contributed by atoms with Gasteiger partial charge in [-0.1, -0.05) is 47.7 Å². The summed E-state index contributed by atoms with van der Waals surface area (Å²) in [4.78, 5) is 0. The van der Waals surface area contributed by atoms with E-state index in [9.17, 15) is 4.39 Å². The maximum absolute atomic E-state index is 14.2. The third kappa shape index (κ3) is 2.87. The Balaban J connectivity index is 1.86. The van der Waals surface area contributed by atoms with Gasteiger partial charge in [-0.3, -0.25) is 0 Å². The molecule has 1 saturated carbocycles. The summed E-state index contributed by atoms with van der Waals surface area (Å²) in [7, 11) is 0. The van der Waals surface area contributed by atoms with Gasteiger partial charge in [-0.15, -0.1) is 0 Å². The first kappa shape index (κ1) is 13.6. The molecule has 0 bridgehead atoms. The smallest absolute Gasteiger partial charge is 0.127 e. The Morgan fingerprint density at radius 2 is 1.95 bits per heavy atom. The van der Waals surface area contributed by atoms with E-state index in [1.54, 1.807) is 6.07 Å². The molecule has 0 aromatic heterocycles. The molecule has 1 aromatic rings. The van der Waals surface area contributed by atoms with Crippen LogP contribution in [0.25, 0.3) is 0 Å². The molecule has 1 aliphatic heterocycles. The van der Waals surface area contributed by atoms with Crippen LogP contribution in [0.3, 0.4) is 0 Å². The molecule has 0 amide bonds. The Bertz CT molecular complexity index is 442. The Kier molecular flexibility index (Phi) is 4.23. The summed E-state index contributed by atoms with van der Waals surface area (Å²) in [5.41, 5.74) is 0.932. The lowest BCUT2D eigenvalue weighted by Crippen LogP contribution is -2.39. The standard InChI is InChI=1S/C16H21BrFN/c17-12-5-6-14(16(18)9-12)13-7-8-19-10-15(13)11-3-1-2-4-11/h5-6,9,11,13,15,19H,1-4,7-8,10H2. The fraction of sp³-hybridized carbons (Fsp3) is 0.625. The number of hydrogen-bond donors (Lipinski definition) is 1. The number of halogens is 2. The minimum Gasteiger partial charge on any atom is -0.316 e. The molecular weight excluding hydrogens is 305 g/mol. The number of nitrogens with one attached hydrogen (secondary N) is 1. The molecule has 0 radical (unpaired) electrons. The molecule has 2 atom stereocenters. The summed E-state index contributed by atoms with van der Waals surface area (Å²) >= 11 is 3.35. The quantitative estimate of drug-likeness (QED) is 0.845. The monoisotopic (exact) mass is 325 g/mol. The maximum Gasteiger partial charge on any atom is 0.127 e. The van der Waals surface area contributed by atoms with Gasteiger partial charge in [-0.25, -0.2) is 4.39 Å². The molecule has 2 unspecified atom stereocenters. The van der Waals surface area contributed by atoms with Crippen molar-refractivity contribution in [3.05, 3.63) is 34.1 Å². The Morgan fingerprint density at radius 1 is 1.16 bits per heavy atom. The van der Waals surface area contributed by atoms with Crippen molar-refractivity contribution in [1.82, 2.24) is 5.32 Å².